The molecule has 0 amide bonds. The topological polar surface area (TPSA) is 4.93 Å². The molecule has 0 unspecified atom stereocenters. The Morgan fingerprint density at radius 3 is 1.60 bits per heavy atom. The van der Waals surface area contributed by atoms with E-state index in [4.69, 9.17) is 0 Å². The van der Waals surface area contributed by atoms with Crippen molar-refractivity contribution < 1.29 is 0 Å². The number of hydrogen-bond donors (Lipinski definition) is 0. The third kappa shape index (κ3) is 3.37. The second-order valence-corrected chi connectivity index (χ2v) is 11.9. The second kappa shape index (κ2) is 7.46. The Morgan fingerprint density at radius 1 is 0.486 bits per heavy atom. The van der Waals surface area contributed by atoms with Crippen LogP contribution in [0.3, 0.4) is 0 Å². The molecular weight excluding hydrogens is 422 g/mol. The standard InChI is InChI=1S/C34H33N/c1-33(2,3)22-15-18-24(19-16-22)35-30-20-17-23(34(4,5)6)21-29(30)31-27-13-9-7-11-25(27)26-12-8-10-14-28(26)32(31)35/h7-21H,1-6H3. The van der Waals surface area contributed by atoms with E-state index >= 15 is 0 Å². The van der Waals surface area contributed by atoms with Gasteiger partial charge in [0.05, 0.1) is 11.0 Å². The first-order valence-corrected chi connectivity index (χ1v) is 12.6. The van der Waals surface area contributed by atoms with Crippen LogP contribution in [0.1, 0.15) is 52.7 Å². The highest BCUT2D eigenvalue weighted by atomic mass is 15.0. The smallest absolute Gasteiger partial charge is 0.0625 e. The highest BCUT2D eigenvalue weighted by Gasteiger charge is 2.22. The zero-order valence-corrected chi connectivity index (χ0v) is 21.6. The van der Waals surface area contributed by atoms with E-state index in [1.165, 1.54) is 60.2 Å². The molecule has 35 heavy (non-hydrogen) atoms. The molecule has 0 saturated carbocycles. The molecule has 0 saturated heterocycles. The van der Waals surface area contributed by atoms with Gasteiger partial charge in [0.15, 0.2) is 0 Å². The van der Waals surface area contributed by atoms with Crippen molar-refractivity contribution in [3.63, 3.8) is 0 Å². The number of hydrogen-bond acceptors (Lipinski definition) is 0. The fourth-order valence-electron chi connectivity index (χ4n) is 5.52. The summed E-state index contributed by atoms with van der Waals surface area (Å²) in [5, 5.41) is 7.92. The molecule has 6 rings (SSSR count). The molecule has 1 heteroatoms. The molecule has 174 valence electrons. The molecule has 0 N–H and O–H groups in total. The summed E-state index contributed by atoms with van der Waals surface area (Å²) in [4.78, 5) is 0. The van der Waals surface area contributed by atoms with Gasteiger partial charge < -0.3 is 4.57 Å². The quantitative estimate of drug-likeness (QED) is 0.217. The van der Waals surface area contributed by atoms with E-state index in [-0.39, 0.29) is 10.8 Å². The third-order valence-electron chi connectivity index (χ3n) is 7.49. The molecule has 1 aromatic heterocycles. The molecule has 0 fully saturated rings. The van der Waals surface area contributed by atoms with Crippen LogP contribution in [-0.4, -0.2) is 4.57 Å². The summed E-state index contributed by atoms with van der Waals surface area (Å²) in [6, 6.07) is 34.0. The molecule has 1 nitrogen and oxygen atoms in total. The van der Waals surface area contributed by atoms with Crippen LogP contribution in [0, 0.1) is 0 Å². The lowest BCUT2D eigenvalue weighted by molar-refractivity contribution is 0.590. The Balaban J connectivity index is 1.84. The highest BCUT2D eigenvalue weighted by Crippen LogP contribution is 2.43. The van der Waals surface area contributed by atoms with E-state index in [1.807, 2.05) is 0 Å². The number of benzene rings is 5. The van der Waals surface area contributed by atoms with Crippen molar-refractivity contribution in [3.05, 3.63) is 102 Å². The molecular formula is C34H33N. The maximum Gasteiger partial charge on any atom is 0.0625 e. The largest absolute Gasteiger partial charge is 0.309 e. The van der Waals surface area contributed by atoms with Crippen LogP contribution >= 0.6 is 0 Å². The molecule has 0 aliphatic heterocycles. The zero-order chi connectivity index (χ0) is 24.5. The van der Waals surface area contributed by atoms with Gasteiger partial charge in [-0.25, -0.2) is 0 Å². The predicted molar refractivity (Wildman–Crippen MR) is 153 cm³/mol. The average Bonchev–Trinajstić information content (AvgIpc) is 3.18. The SMILES string of the molecule is CC(C)(C)c1ccc(-n2c3ccc(C(C)(C)C)cc3c3c4ccccc4c4ccccc4c32)cc1. The van der Waals surface area contributed by atoms with Crippen LogP contribution in [0.25, 0.3) is 49.0 Å². The lowest BCUT2D eigenvalue weighted by Gasteiger charge is -2.20. The molecule has 0 aliphatic rings. The summed E-state index contributed by atoms with van der Waals surface area (Å²) < 4.78 is 2.48. The Labute approximate surface area is 208 Å². The normalized spacial score (nSPS) is 12.9. The van der Waals surface area contributed by atoms with Crippen LogP contribution in [0.5, 0.6) is 0 Å². The van der Waals surface area contributed by atoms with Gasteiger partial charge in [0.2, 0.25) is 0 Å². The Bertz CT molecular complexity index is 1730. The molecule has 0 bridgehead atoms. The molecule has 0 aliphatic carbocycles. The average molecular weight is 456 g/mol. The predicted octanol–water partition coefficient (Wildman–Crippen LogP) is 9.69. The minimum Gasteiger partial charge on any atom is -0.309 e. The number of rotatable bonds is 1. The first-order valence-electron chi connectivity index (χ1n) is 12.6. The summed E-state index contributed by atoms with van der Waals surface area (Å²) in [5.74, 6) is 0. The first kappa shape index (κ1) is 21.9. The van der Waals surface area contributed by atoms with Crippen molar-refractivity contribution in [1.29, 1.82) is 0 Å². The van der Waals surface area contributed by atoms with E-state index in [1.54, 1.807) is 0 Å². The molecule has 0 radical (unpaired) electrons. The van der Waals surface area contributed by atoms with Gasteiger partial charge in [0.1, 0.15) is 0 Å². The van der Waals surface area contributed by atoms with E-state index in [9.17, 15) is 0 Å². The van der Waals surface area contributed by atoms with Gasteiger partial charge >= 0.3 is 0 Å². The van der Waals surface area contributed by atoms with Crippen molar-refractivity contribution in [2.75, 3.05) is 0 Å². The Hall–Kier alpha value is -3.58. The minimum absolute atomic E-state index is 0.0869. The van der Waals surface area contributed by atoms with Crippen LogP contribution < -0.4 is 0 Å². The fraction of sp³-hybridized carbons (Fsp3) is 0.235. The summed E-state index contributed by atoms with van der Waals surface area (Å²) in [6.07, 6.45) is 0. The van der Waals surface area contributed by atoms with Gasteiger partial charge in [-0.3, -0.25) is 0 Å². The molecule has 1 heterocycles. The summed E-state index contributed by atoms with van der Waals surface area (Å²) in [7, 11) is 0. The summed E-state index contributed by atoms with van der Waals surface area (Å²) in [6.45, 7) is 13.7. The van der Waals surface area contributed by atoms with Gasteiger partial charge in [-0.2, -0.15) is 0 Å². The monoisotopic (exact) mass is 455 g/mol. The van der Waals surface area contributed by atoms with Crippen molar-refractivity contribution in [2.24, 2.45) is 0 Å². The van der Waals surface area contributed by atoms with Crippen LogP contribution in [0.2, 0.25) is 0 Å². The van der Waals surface area contributed by atoms with Crippen molar-refractivity contribution in [2.45, 2.75) is 52.4 Å². The van der Waals surface area contributed by atoms with Gasteiger partial charge in [-0.1, -0.05) is 108 Å². The van der Waals surface area contributed by atoms with Crippen LogP contribution in [-0.2, 0) is 10.8 Å². The van der Waals surface area contributed by atoms with Crippen molar-refractivity contribution in [3.8, 4) is 5.69 Å². The lowest BCUT2D eigenvalue weighted by Crippen LogP contribution is -2.11. The molecule has 6 aromatic rings. The van der Waals surface area contributed by atoms with E-state index in [2.05, 4.69) is 137 Å². The van der Waals surface area contributed by atoms with Crippen LogP contribution in [0.15, 0.2) is 91.0 Å². The number of fused-ring (bicyclic) bond motifs is 8. The lowest BCUT2D eigenvalue weighted by atomic mass is 9.86. The van der Waals surface area contributed by atoms with E-state index in [0.29, 0.717) is 0 Å². The van der Waals surface area contributed by atoms with Gasteiger partial charge in [-0.05, 0) is 62.4 Å². The highest BCUT2D eigenvalue weighted by molar-refractivity contribution is 6.32. The van der Waals surface area contributed by atoms with Gasteiger partial charge in [-0.15, -0.1) is 0 Å². The van der Waals surface area contributed by atoms with Gasteiger partial charge in [0, 0.05) is 21.8 Å². The molecule has 5 aromatic carbocycles. The maximum atomic E-state index is 2.48. The second-order valence-electron chi connectivity index (χ2n) is 11.9. The van der Waals surface area contributed by atoms with Crippen molar-refractivity contribution in [1.82, 2.24) is 4.57 Å². The fourth-order valence-corrected chi connectivity index (χ4v) is 5.52. The maximum absolute atomic E-state index is 2.48. The van der Waals surface area contributed by atoms with Crippen LogP contribution in [0.4, 0.5) is 0 Å². The van der Waals surface area contributed by atoms with E-state index in [0.717, 1.165) is 0 Å². The number of aromatic nitrogens is 1. The Morgan fingerprint density at radius 2 is 1.00 bits per heavy atom. The van der Waals surface area contributed by atoms with E-state index < -0.39 is 0 Å². The molecule has 0 spiro atoms. The summed E-state index contributed by atoms with van der Waals surface area (Å²) >= 11 is 0. The Kier molecular flexibility index (Phi) is 4.67. The summed E-state index contributed by atoms with van der Waals surface area (Å²) in [5.41, 5.74) is 6.70. The first-order chi connectivity index (χ1) is 16.6. The number of nitrogens with zero attached hydrogens (tertiary/aromatic N) is 1. The van der Waals surface area contributed by atoms with Crippen molar-refractivity contribution >= 4 is 43.4 Å². The zero-order valence-electron chi connectivity index (χ0n) is 21.6. The van der Waals surface area contributed by atoms with Gasteiger partial charge in [0.25, 0.3) is 0 Å². The third-order valence-corrected chi connectivity index (χ3v) is 7.49. The molecule has 0 atom stereocenters. The minimum atomic E-state index is 0.0869.